The lowest BCUT2D eigenvalue weighted by atomic mass is 10.2. The number of piperazine rings is 1. The summed E-state index contributed by atoms with van der Waals surface area (Å²) in [6, 6.07) is 2.70. The second kappa shape index (κ2) is 11.4. The third kappa shape index (κ3) is 6.17. The molecular formula is C19H25Cl2FN4O2. The van der Waals surface area contributed by atoms with Gasteiger partial charge in [-0.3, -0.25) is 9.59 Å². The molecule has 2 saturated heterocycles. The van der Waals surface area contributed by atoms with E-state index >= 15 is 0 Å². The van der Waals surface area contributed by atoms with Gasteiger partial charge in [0.05, 0.1) is 15.7 Å². The standard InChI is InChI=1S/C9H4Cl2FNO.C6H12N2O.C4H9N/c10-8-4(12)1-2-5-7(8)9(11)6(3-14)13-5;1-7-2-4-8(6-9)5-3-7;1-2-4-5-3-1/h1-3,13H;6H,2-5H2,1H3;5H,1-4H2. The Balaban J connectivity index is 0.000000170. The molecule has 1 aromatic heterocycles. The number of nitrogens with one attached hydrogen (secondary N) is 2. The minimum absolute atomic E-state index is 0.0724. The number of carbonyl (C=O) groups is 2. The van der Waals surface area contributed by atoms with Gasteiger partial charge in [-0.1, -0.05) is 23.2 Å². The lowest BCUT2D eigenvalue weighted by molar-refractivity contribution is -0.119. The molecule has 4 rings (SSSR count). The molecule has 28 heavy (non-hydrogen) atoms. The van der Waals surface area contributed by atoms with E-state index in [4.69, 9.17) is 23.2 Å². The minimum atomic E-state index is -0.558. The molecule has 6 nitrogen and oxygen atoms in total. The number of hydrogen-bond acceptors (Lipinski definition) is 4. The fourth-order valence-corrected chi connectivity index (χ4v) is 3.43. The predicted molar refractivity (Wildman–Crippen MR) is 111 cm³/mol. The molecule has 3 heterocycles. The number of amides is 1. The molecule has 0 aliphatic carbocycles. The second-order valence-electron chi connectivity index (χ2n) is 6.66. The van der Waals surface area contributed by atoms with Crippen molar-refractivity contribution in [1.29, 1.82) is 0 Å². The van der Waals surface area contributed by atoms with Crippen LogP contribution in [0.15, 0.2) is 12.1 Å². The average Bonchev–Trinajstić information content (AvgIpc) is 3.38. The summed E-state index contributed by atoms with van der Waals surface area (Å²) in [5.74, 6) is -0.558. The van der Waals surface area contributed by atoms with Crippen LogP contribution in [0.2, 0.25) is 10.0 Å². The number of nitrogens with zero attached hydrogens (tertiary/aromatic N) is 2. The van der Waals surface area contributed by atoms with Gasteiger partial charge in [-0.25, -0.2) is 4.39 Å². The Hall–Kier alpha value is -1.67. The summed E-state index contributed by atoms with van der Waals surface area (Å²) in [5.41, 5.74) is 0.748. The number of rotatable bonds is 2. The van der Waals surface area contributed by atoms with E-state index in [0.29, 0.717) is 17.2 Å². The molecule has 2 aliphatic heterocycles. The van der Waals surface area contributed by atoms with Crippen molar-refractivity contribution in [1.82, 2.24) is 20.1 Å². The van der Waals surface area contributed by atoms with Crippen LogP contribution in [0, 0.1) is 5.82 Å². The number of aldehydes is 1. The molecule has 2 aromatic rings. The van der Waals surface area contributed by atoms with Gasteiger partial charge >= 0.3 is 0 Å². The van der Waals surface area contributed by atoms with Crippen molar-refractivity contribution in [2.45, 2.75) is 12.8 Å². The summed E-state index contributed by atoms with van der Waals surface area (Å²) >= 11 is 11.5. The number of likely N-dealkylation sites (N-methyl/N-ethyl adjacent to an activating group) is 1. The van der Waals surface area contributed by atoms with Crippen molar-refractivity contribution in [3.63, 3.8) is 0 Å². The van der Waals surface area contributed by atoms with Crippen LogP contribution in [-0.4, -0.2) is 73.8 Å². The molecule has 2 fully saturated rings. The Morgan fingerprint density at radius 1 is 1.04 bits per heavy atom. The Labute approximate surface area is 174 Å². The maximum atomic E-state index is 13.0. The Morgan fingerprint density at radius 2 is 1.68 bits per heavy atom. The molecule has 0 atom stereocenters. The number of benzene rings is 1. The maximum absolute atomic E-state index is 13.0. The molecule has 1 aromatic carbocycles. The zero-order valence-corrected chi connectivity index (χ0v) is 17.3. The molecule has 2 aliphatic rings. The topological polar surface area (TPSA) is 68.4 Å². The van der Waals surface area contributed by atoms with Gasteiger partial charge in [0.25, 0.3) is 0 Å². The van der Waals surface area contributed by atoms with E-state index in [9.17, 15) is 14.0 Å². The molecular weight excluding hydrogens is 406 g/mol. The lowest BCUT2D eigenvalue weighted by Gasteiger charge is -2.29. The van der Waals surface area contributed by atoms with Gasteiger partial charge in [0.1, 0.15) is 5.82 Å². The van der Waals surface area contributed by atoms with E-state index in [2.05, 4.69) is 22.2 Å². The van der Waals surface area contributed by atoms with E-state index < -0.39 is 5.82 Å². The molecule has 0 bridgehead atoms. The summed E-state index contributed by atoms with van der Waals surface area (Å²) in [5, 5.41) is 3.65. The number of hydrogen-bond donors (Lipinski definition) is 2. The number of H-pyrrole nitrogens is 1. The third-order valence-corrected chi connectivity index (χ3v) is 5.34. The molecule has 0 saturated carbocycles. The summed E-state index contributed by atoms with van der Waals surface area (Å²) in [7, 11) is 2.07. The molecule has 0 spiro atoms. The first-order valence-electron chi connectivity index (χ1n) is 9.17. The van der Waals surface area contributed by atoms with Crippen molar-refractivity contribution in [2.24, 2.45) is 0 Å². The van der Waals surface area contributed by atoms with Crippen molar-refractivity contribution in [2.75, 3.05) is 46.3 Å². The van der Waals surface area contributed by atoms with Crippen LogP contribution in [0.25, 0.3) is 10.9 Å². The third-order valence-electron chi connectivity index (χ3n) is 4.58. The number of aromatic amines is 1. The fraction of sp³-hybridized carbons (Fsp3) is 0.474. The smallest absolute Gasteiger partial charge is 0.209 e. The molecule has 1 amide bonds. The predicted octanol–water partition coefficient (Wildman–Crippen LogP) is 3.19. The highest BCUT2D eigenvalue weighted by Crippen LogP contribution is 2.33. The highest BCUT2D eigenvalue weighted by atomic mass is 35.5. The number of fused-ring (bicyclic) bond motifs is 1. The molecule has 2 N–H and O–H groups in total. The summed E-state index contributed by atoms with van der Waals surface area (Å²) < 4.78 is 13.0. The van der Waals surface area contributed by atoms with Gasteiger partial charge in [-0.05, 0) is 45.1 Å². The van der Waals surface area contributed by atoms with Gasteiger partial charge in [-0.15, -0.1) is 0 Å². The van der Waals surface area contributed by atoms with E-state index in [-0.39, 0.29) is 15.7 Å². The zero-order chi connectivity index (χ0) is 20.5. The normalized spacial score (nSPS) is 16.8. The monoisotopic (exact) mass is 430 g/mol. The first-order chi connectivity index (χ1) is 13.5. The average molecular weight is 431 g/mol. The van der Waals surface area contributed by atoms with Crippen molar-refractivity contribution >= 4 is 46.8 Å². The van der Waals surface area contributed by atoms with Crippen LogP contribution < -0.4 is 5.32 Å². The highest BCUT2D eigenvalue weighted by Gasteiger charge is 2.14. The van der Waals surface area contributed by atoms with E-state index in [1.807, 2.05) is 0 Å². The van der Waals surface area contributed by atoms with Crippen LogP contribution >= 0.6 is 23.2 Å². The largest absolute Gasteiger partial charge is 0.351 e. The van der Waals surface area contributed by atoms with Crippen LogP contribution in [0.1, 0.15) is 23.3 Å². The van der Waals surface area contributed by atoms with Gasteiger partial charge < -0.3 is 20.1 Å². The first-order valence-corrected chi connectivity index (χ1v) is 9.92. The van der Waals surface area contributed by atoms with Gasteiger partial charge in [0.2, 0.25) is 6.41 Å². The highest BCUT2D eigenvalue weighted by molar-refractivity contribution is 6.43. The fourth-order valence-electron chi connectivity index (χ4n) is 2.84. The summed E-state index contributed by atoms with van der Waals surface area (Å²) in [4.78, 5) is 27.5. The SMILES string of the molecule is C1CCNC1.CN1CCN(C=O)CC1.O=Cc1[nH]c2ccc(F)c(Cl)c2c1Cl. The molecule has 9 heteroatoms. The Kier molecular flexibility index (Phi) is 9.18. The molecule has 0 unspecified atom stereocenters. The Bertz CT molecular complexity index is 780. The van der Waals surface area contributed by atoms with Crippen LogP contribution in [0.4, 0.5) is 4.39 Å². The van der Waals surface area contributed by atoms with Crippen LogP contribution in [0.5, 0.6) is 0 Å². The summed E-state index contributed by atoms with van der Waals surface area (Å²) in [6.45, 7) is 6.30. The Morgan fingerprint density at radius 3 is 2.18 bits per heavy atom. The van der Waals surface area contributed by atoms with Crippen molar-refractivity contribution < 1.29 is 14.0 Å². The summed E-state index contributed by atoms with van der Waals surface area (Å²) in [6.07, 6.45) is 4.27. The van der Waals surface area contributed by atoms with E-state index in [1.165, 1.54) is 38.1 Å². The van der Waals surface area contributed by atoms with Crippen LogP contribution in [-0.2, 0) is 4.79 Å². The molecule has 0 radical (unpaired) electrons. The van der Waals surface area contributed by atoms with Gasteiger partial charge in [0, 0.05) is 37.1 Å². The minimum Gasteiger partial charge on any atom is -0.351 e. The number of aromatic nitrogens is 1. The second-order valence-corrected chi connectivity index (χ2v) is 7.41. The van der Waals surface area contributed by atoms with Gasteiger partial charge in [-0.2, -0.15) is 0 Å². The van der Waals surface area contributed by atoms with Crippen molar-refractivity contribution in [3.8, 4) is 0 Å². The number of halogens is 3. The quantitative estimate of drug-likeness (QED) is 0.717. The van der Waals surface area contributed by atoms with E-state index in [0.717, 1.165) is 32.6 Å². The zero-order valence-electron chi connectivity index (χ0n) is 15.8. The van der Waals surface area contributed by atoms with Crippen LogP contribution in [0.3, 0.4) is 0 Å². The first kappa shape index (κ1) is 22.6. The van der Waals surface area contributed by atoms with E-state index in [1.54, 1.807) is 4.90 Å². The number of carbonyl (C=O) groups excluding carboxylic acids is 2. The molecule has 154 valence electrons. The van der Waals surface area contributed by atoms with Gasteiger partial charge in [0.15, 0.2) is 6.29 Å². The lowest BCUT2D eigenvalue weighted by Crippen LogP contribution is -2.43. The maximum Gasteiger partial charge on any atom is 0.209 e. The van der Waals surface area contributed by atoms with Crippen molar-refractivity contribution in [3.05, 3.63) is 33.7 Å².